The minimum absolute atomic E-state index is 0.0478. The lowest BCUT2D eigenvalue weighted by Crippen LogP contribution is -2.12. The van der Waals surface area contributed by atoms with Crippen molar-refractivity contribution >= 4 is 109 Å². The average molecular weight is 951 g/mol. The predicted octanol–water partition coefficient (Wildman–Crippen LogP) is 6.46. The van der Waals surface area contributed by atoms with Crippen LogP contribution in [0.5, 0.6) is 5.75 Å². The monoisotopic (exact) mass is 950 g/mol. The second-order valence-electron chi connectivity index (χ2n) is 11.3. The van der Waals surface area contributed by atoms with Gasteiger partial charge in [-0.15, -0.1) is 24.0 Å². The zero-order chi connectivity index (χ0) is 43.9. The number of aromatic hydroxyl groups is 1. The molecule has 320 valence electrons. The number of phenolic OH excluding ortho intramolecular Hbond substituents is 1. The predicted molar refractivity (Wildman–Crippen MR) is 209 cm³/mol. The maximum Gasteiger partial charge on any atom is 0.296 e. The van der Waals surface area contributed by atoms with E-state index >= 15 is 0 Å². The van der Waals surface area contributed by atoms with Gasteiger partial charge in [0.25, 0.3) is 30.3 Å². The normalized spacial score (nSPS) is 12.8. The number of benzene rings is 5. The number of azo groups is 2. The van der Waals surface area contributed by atoms with E-state index in [-0.39, 0.29) is 45.2 Å². The minimum atomic E-state index is -5.21. The van der Waals surface area contributed by atoms with E-state index < -0.39 is 101 Å². The van der Waals surface area contributed by atoms with Crippen molar-refractivity contribution in [3.05, 3.63) is 84.9 Å². The Morgan fingerprint density at radius 3 is 1.97 bits per heavy atom. The summed E-state index contributed by atoms with van der Waals surface area (Å²) >= 11 is 0.286. The Kier molecular flexibility index (Phi) is 14.8. The van der Waals surface area contributed by atoms with Crippen LogP contribution < -0.4 is 10.5 Å². The summed E-state index contributed by atoms with van der Waals surface area (Å²) in [6.45, 7) is -0.533. The van der Waals surface area contributed by atoms with Crippen LogP contribution in [0.2, 0.25) is 0 Å². The van der Waals surface area contributed by atoms with E-state index in [1.54, 1.807) is 18.2 Å². The van der Waals surface area contributed by atoms with Gasteiger partial charge in [-0.1, -0.05) is 28.3 Å². The van der Waals surface area contributed by atoms with Gasteiger partial charge in [-0.25, -0.2) is 27.4 Å². The van der Waals surface area contributed by atoms with Crippen molar-refractivity contribution in [3.8, 4) is 5.75 Å². The van der Waals surface area contributed by atoms with Crippen LogP contribution in [0.4, 0.5) is 34.1 Å². The number of nitrogen functional groups attached to an aromatic ring is 1. The molecule has 5 aromatic rings. The lowest BCUT2D eigenvalue weighted by molar-refractivity contribution is -0.434. The van der Waals surface area contributed by atoms with Gasteiger partial charge in [0.2, 0.25) is 0 Å². The fourth-order valence-corrected chi connectivity index (χ4v) is 9.33. The molecule has 0 saturated heterocycles. The molecule has 0 spiro atoms. The third kappa shape index (κ3) is 11.3. The van der Waals surface area contributed by atoms with Crippen molar-refractivity contribution in [2.45, 2.75) is 24.5 Å². The number of phenols is 1. The maximum atomic E-state index is 12.8. The zero-order valence-electron chi connectivity index (χ0n) is 29.4. The Balaban J connectivity index is 1.57. The average Bonchev–Trinajstić information content (AvgIpc) is 3.18. The Labute approximate surface area is 347 Å². The molecule has 0 saturated carbocycles. The standard InChI is InChI=1S/C30H26N6O18S6/c31-27-26-17(15-25(60(47,48)49)29(30(26)37)35-32-18-6-8-20(9-7-18)58(42,43)36-19-4-2-1-3-5-19)14-23(55-53-51-38)28(27)34-33-22-11-10-21(16-24(22)59(44,45)46)57(40,41)13-12-50-56-54-52-39/h1-11,14-16,36-39H,12-13,31H2,(H,44,45,46)(H,47,48,49)/b34-33+,35-32+. The van der Waals surface area contributed by atoms with Crippen LogP contribution in [-0.2, 0) is 63.0 Å². The van der Waals surface area contributed by atoms with Gasteiger partial charge in [0.05, 0.1) is 55.8 Å². The SMILES string of the molecule is Nc1c(/N=N/c2ccc(S(=O)(=O)CCOSOOO)cc2S(=O)(=O)O)c(SOOO)cc2cc(S(=O)(=O)O)c(/N=N/c3ccc(S(=O)(=O)Nc4ccccc4)cc3)c(O)c12. The molecule has 5 aromatic carbocycles. The largest absolute Gasteiger partial charge is 0.505 e. The first-order valence-corrected chi connectivity index (χ1v) is 23.1. The lowest BCUT2D eigenvalue weighted by atomic mass is 10.1. The van der Waals surface area contributed by atoms with Crippen LogP contribution in [0, 0.1) is 0 Å². The second kappa shape index (κ2) is 19.2. The molecule has 0 amide bonds. The van der Waals surface area contributed by atoms with Gasteiger partial charge in [-0.05, 0) is 72.1 Å². The fraction of sp³-hybridized carbons (Fsp3) is 0.0667. The molecule has 0 aliphatic heterocycles. The molecule has 0 aliphatic rings. The molecule has 0 aliphatic carbocycles. The Bertz CT molecular complexity index is 2900. The number of hydrogen-bond acceptors (Lipinski definition) is 23. The molecule has 0 aromatic heterocycles. The summed E-state index contributed by atoms with van der Waals surface area (Å²) in [6, 6.07) is 16.9. The van der Waals surface area contributed by atoms with Gasteiger partial charge in [-0.3, -0.25) is 18.0 Å². The van der Waals surface area contributed by atoms with Gasteiger partial charge < -0.3 is 10.8 Å². The molecule has 5 rings (SSSR count). The number of para-hydroxylation sites is 1. The summed E-state index contributed by atoms with van der Waals surface area (Å²) in [7, 11) is -18.7. The molecule has 0 unspecified atom stereocenters. The van der Waals surface area contributed by atoms with Crippen LogP contribution in [-0.4, -0.2) is 70.8 Å². The zero-order valence-corrected chi connectivity index (χ0v) is 34.3. The number of sulfone groups is 1. The van der Waals surface area contributed by atoms with E-state index in [1.807, 2.05) is 0 Å². The molecule has 24 nitrogen and oxygen atoms in total. The number of rotatable bonds is 19. The molecule has 0 heterocycles. The molecular formula is C30H26N6O18S6. The van der Waals surface area contributed by atoms with Gasteiger partial charge in [0.1, 0.15) is 26.9 Å². The van der Waals surface area contributed by atoms with Crippen molar-refractivity contribution in [2.24, 2.45) is 20.5 Å². The number of anilines is 2. The molecule has 8 N–H and O–H groups in total. The van der Waals surface area contributed by atoms with Crippen molar-refractivity contribution < 1.29 is 81.3 Å². The quantitative estimate of drug-likeness (QED) is 0.00888. The highest BCUT2D eigenvalue weighted by atomic mass is 32.2. The summed E-state index contributed by atoms with van der Waals surface area (Å²) in [6.07, 6.45) is 0. The molecule has 0 atom stereocenters. The van der Waals surface area contributed by atoms with E-state index in [0.29, 0.717) is 11.8 Å². The summed E-state index contributed by atoms with van der Waals surface area (Å²) in [5.41, 5.74) is 4.07. The lowest BCUT2D eigenvalue weighted by Gasteiger charge is -2.14. The van der Waals surface area contributed by atoms with E-state index in [4.69, 9.17) is 20.4 Å². The third-order valence-electron chi connectivity index (χ3n) is 7.55. The highest BCUT2D eigenvalue weighted by Crippen LogP contribution is 2.49. The summed E-state index contributed by atoms with van der Waals surface area (Å²) in [4.78, 5) is -3.09. The van der Waals surface area contributed by atoms with Crippen LogP contribution in [0.3, 0.4) is 0 Å². The van der Waals surface area contributed by atoms with Gasteiger partial charge >= 0.3 is 0 Å². The number of nitrogens with one attached hydrogen (secondary N) is 1. The first-order valence-electron chi connectivity index (χ1n) is 15.6. The maximum absolute atomic E-state index is 12.8. The topological polar surface area (TPSA) is 371 Å². The van der Waals surface area contributed by atoms with Gasteiger partial charge in [0, 0.05) is 5.69 Å². The molecule has 0 fully saturated rings. The number of sulfonamides is 1. The minimum Gasteiger partial charge on any atom is -0.505 e. The van der Waals surface area contributed by atoms with Crippen LogP contribution in [0.1, 0.15) is 0 Å². The molecule has 60 heavy (non-hydrogen) atoms. The first-order chi connectivity index (χ1) is 28.3. The van der Waals surface area contributed by atoms with Crippen molar-refractivity contribution in [2.75, 3.05) is 22.8 Å². The van der Waals surface area contributed by atoms with Crippen molar-refractivity contribution in [1.82, 2.24) is 0 Å². The number of nitrogens with zero attached hydrogens (tertiary/aromatic N) is 4. The summed E-state index contributed by atoms with van der Waals surface area (Å²) < 4.78 is 137. The molecular weight excluding hydrogens is 925 g/mol. The van der Waals surface area contributed by atoms with E-state index in [9.17, 15) is 47.9 Å². The Morgan fingerprint density at radius 2 is 1.33 bits per heavy atom. The molecule has 0 radical (unpaired) electrons. The van der Waals surface area contributed by atoms with Crippen molar-refractivity contribution in [3.63, 3.8) is 0 Å². The highest BCUT2D eigenvalue weighted by molar-refractivity contribution is 7.94. The van der Waals surface area contributed by atoms with Gasteiger partial charge in [-0.2, -0.15) is 21.9 Å². The van der Waals surface area contributed by atoms with Gasteiger partial charge in [0.15, 0.2) is 27.9 Å². The molecule has 30 heteroatoms. The van der Waals surface area contributed by atoms with Crippen LogP contribution in [0.15, 0.2) is 130 Å². The second-order valence-corrected chi connectivity index (χ2v) is 19.2. The highest BCUT2D eigenvalue weighted by Gasteiger charge is 2.27. The Morgan fingerprint density at radius 1 is 0.700 bits per heavy atom. The van der Waals surface area contributed by atoms with Crippen molar-refractivity contribution in [1.29, 1.82) is 0 Å². The van der Waals surface area contributed by atoms with Crippen LogP contribution in [0.25, 0.3) is 10.8 Å². The summed E-state index contributed by atoms with van der Waals surface area (Å²) in [5, 5.41) is 49.9. The summed E-state index contributed by atoms with van der Waals surface area (Å²) in [5.74, 6) is -1.75. The number of fused-ring (bicyclic) bond motifs is 1. The van der Waals surface area contributed by atoms with E-state index in [2.05, 4.69) is 43.9 Å². The Hall–Kier alpha value is -4.90. The number of hydrogen-bond donors (Lipinski definition) is 7. The smallest absolute Gasteiger partial charge is 0.296 e. The van der Waals surface area contributed by atoms with E-state index in [1.165, 1.54) is 36.4 Å². The fourth-order valence-electron chi connectivity index (χ4n) is 4.95. The van der Waals surface area contributed by atoms with Crippen LogP contribution >= 0.6 is 24.4 Å². The number of nitrogens with two attached hydrogens (primary N) is 1. The first kappa shape index (κ1) is 46.2. The molecule has 0 bridgehead atoms. The van der Waals surface area contributed by atoms with E-state index in [0.717, 1.165) is 24.3 Å². The third-order valence-corrected chi connectivity index (χ3v) is 13.4.